The molecule has 0 unspecified atom stereocenters. The number of rotatable bonds is 4. The Morgan fingerprint density at radius 1 is 1.32 bits per heavy atom. The summed E-state index contributed by atoms with van der Waals surface area (Å²) in [7, 11) is 5.07. The highest BCUT2D eigenvalue weighted by Crippen LogP contribution is 2.24. The molecule has 1 aliphatic rings. The van der Waals surface area contributed by atoms with Gasteiger partial charge in [0.1, 0.15) is 17.7 Å². The van der Waals surface area contributed by atoms with Crippen molar-refractivity contribution in [2.24, 2.45) is 7.05 Å². The standard InChI is InChI=1S/C15H18N8O2/c1-20-8-11(14(19-20)25-3)15(24)21(2)10-6-22(7-10)13-5-4-12-17-16-9-23(12)18-13/h4-5,8-10H,6-7H2,1-3H3. The fourth-order valence-corrected chi connectivity index (χ4v) is 2.90. The lowest BCUT2D eigenvalue weighted by Crippen LogP contribution is -2.60. The van der Waals surface area contributed by atoms with Crippen LogP contribution >= 0.6 is 0 Å². The van der Waals surface area contributed by atoms with E-state index in [1.807, 2.05) is 12.1 Å². The van der Waals surface area contributed by atoms with E-state index in [0.717, 1.165) is 5.82 Å². The zero-order valence-corrected chi connectivity index (χ0v) is 14.2. The number of carbonyl (C=O) groups excluding carboxylic acids is 1. The molecule has 1 aliphatic heterocycles. The lowest BCUT2D eigenvalue weighted by molar-refractivity contribution is 0.0701. The summed E-state index contributed by atoms with van der Waals surface area (Å²) in [6.45, 7) is 1.43. The van der Waals surface area contributed by atoms with Crippen molar-refractivity contribution in [2.45, 2.75) is 6.04 Å². The average molecular weight is 342 g/mol. The second-order valence-corrected chi connectivity index (χ2v) is 6.03. The molecule has 0 aliphatic carbocycles. The van der Waals surface area contributed by atoms with Crippen molar-refractivity contribution in [1.82, 2.24) is 34.5 Å². The lowest BCUT2D eigenvalue weighted by atomic mass is 10.1. The van der Waals surface area contributed by atoms with Gasteiger partial charge in [0.05, 0.1) is 13.2 Å². The van der Waals surface area contributed by atoms with Crippen molar-refractivity contribution >= 4 is 17.4 Å². The van der Waals surface area contributed by atoms with Crippen LogP contribution in [0.2, 0.25) is 0 Å². The third kappa shape index (κ3) is 2.55. The van der Waals surface area contributed by atoms with Crippen LogP contribution in [0.15, 0.2) is 24.7 Å². The van der Waals surface area contributed by atoms with Crippen molar-refractivity contribution in [3.05, 3.63) is 30.2 Å². The van der Waals surface area contributed by atoms with E-state index in [-0.39, 0.29) is 11.9 Å². The molecule has 4 rings (SSSR count). The van der Waals surface area contributed by atoms with Crippen LogP contribution in [0.3, 0.4) is 0 Å². The predicted octanol–water partition coefficient (Wildman–Crippen LogP) is -0.173. The molecule has 3 aromatic rings. The summed E-state index contributed by atoms with van der Waals surface area (Å²) in [5.74, 6) is 1.08. The predicted molar refractivity (Wildman–Crippen MR) is 88.6 cm³/mol. The lowest BCUT2D eigenvalue weighted by Gasteiger charge is -2.44. The Kier molecular flexibility index (Phi) is 3.52. The second-order valence-electron chi connectivity index (χ2n) is 6.03. The van der Waals surface area contributed by atoms with Gasteiger partial charge in [-0.2, -0.15) is 4.52 Å². The summed E-state index contributed by atoms with van der Waals surface area (Å²) in [6, 6.07) is 3.89. The number of amides is 1. The summed E-state index contributed by atoms with van der Waals surface area (Å²) in [4.78, 5) is 16.5. The van der Waals surface area contributed by atoms with E-state index in [1.54, 1.807) is 40.7 Å². The fraction of sp³-hybridized carbons (Fsp3) is 0.400. The van der Waals surface area contributed by atoms with Crippen LogP contribution in [0.1, 0.15) is 10.4 Å². The van der Waals surface area contributed by atoms with Crippen LogP contribution in [0, 0.1) is 0 Å². The molecule has 4 heterocycles. The first-order valence-corrected chi connectivity index (χ1v) is 7.83. The molecule has 0 atom stereocenters. The molecule has 0 spiro atoms. The fourth-order valence-electron chi connectivity index (χ4n) is 2.90. The van der Waals surface area contributed by atoms with Gasteiger partial charge in [0.2, 0.25) is 5.88 Å². The number of anilines is 1. The van der Waals surface area contributed by atoms with Gasteiger partial charge in [-0.3, -0.25) is 9.48 Å². The van der Waals surface area contributed by atoms with Crippen LogP contribution in [-0.2, 0) is 7.05 Å². The van der Waals surface area contributed by atoms with E-state index < -0.39 is 0 Å². The molecule has 0 saturated carbocycles. The highest BCUT2D eigenvalue weighted by Gasteiger charge is 2.35. The van der Waals surface area contributed by atoms with Crippen molar-refractivity contribution < 1.29 is 9.53 Å². The van der Waals surface area contributed by atoms with Crippen molar-refractivity contribution in [2.75, 3.05) is 32.1 Å². The van der Waals surface area contributed by atoms with Gasteiger partial charge in [-0.05, 0) is 12.1 Å². The molecule has 0 aromatic carbocycles. The van der Waals surface area contributed by atoms with Gasteiger partial charge < -0.3 is 14.5 Å². The van der Waals surface area contributed by atoms with Gasteiger partial charge in [0, 0.05) is 33.4 Å². The molecule has 1 saturated heterocycles. The molecule has 1 amide bonds. The summed E-state index contributed by atoms with van der Waals surface area (Å²) >= 11 is 0. The zero-order valence-electron chi connectivity index (χ0n) is 14.2. The maximum Gasteiger partial charge on any atom is 0.261 e. The van der Waals surface area contributed by atoms with Gasteiger partial charge in [0.25, 0.3) is 5.91 Å². The number of likely N-dealkylation sites (N-methyl/N-ethyl adjacent to an activating group) is 1. The first-order valence-electron chi connectivity index (χ1n) is 7.83. The largest absolute Gasteiger partial charge is 0.479 e. The summed E-state index contributed by atoms with van der Waals surface area (Å²) < 4.78 is 8.39. The minimum Gasteiger partial charge on any atom is -0.479 e. The Morgan fingerprint density at radius 3 is 2.88 bits per heavy atom. The minimum atomic E-state index is -0.100. The first kappa shape index (κ1) is 15.4. The Bertz CT molecular complexity index is 927. The Hall–Kier alpha value is -3.17. The Labute approximate surface area is 143 Å². The number of methoxy groups -OCH3 is 1. The monoisotopic (exact) mass is 342 g/mol. The maximum atomic E-state index is 12.7. The van der Waals surface area contributed by atoms with E-state index in [2.05, 4.69) is 25.3 Å². The smallest absolute Gasteiger partial charge is 0.261 e. The second kappa shape index (κ2) is 5.72. The minimum absolute atomic E-state index is 0.100. The quantitative estimate of drug-likeness (QED) is 0.649. The highest BCUT2D eigenvalue weighted by molar-refractivity contribution is 5.96. The molecule has 25 heavy (non-hydrogen) atoms. The molecule has 0 radical (unpaired) electrons. The first-order chi connectivity index (χ1) is 12.1. The number of fused-ring (bicyclic) bond motifs is 1. The van der Waals surface area contributed by atoms with Gasteiger partial charge in [-0.25, -0.2) is 0 Å². The molecule has 0 bridgehead atoms. The van der Waals surface area contributed by atoms with Crippen LogP contribution in [0.5, 0.6) is 5.88 Å². The van der Waals surface area contributed by atoms with E-state index in [9.17, 15) is 4.79 Å². The molecular weight excluding hydrogens is 324 g/mol. The molecule has 130 valence electrons. The highest BCUT2D eigenvalue weighted by atomic mass is 16.5. The van der Waals surface area contributed by atoms with Crippen LogP contribution in [0.4, 0.5) is 5.82 Å². The van der Waals surface area contributed by atoms with Gasteiger partial charge in [-0.15, -0.1) is 20.4 Å². The van der Waals surface area contributed by atoms with Crippen LogP contribution in [-0.4, -0.2) is 73.7 Å². The van der Waals surface area contributed by atoms with Crippen molar-refractivity contribution in [1.29, 1.82) is 0 Å². The third-order valence-corrected chi connectivity index (χ3v) is 4.42. The topological polar surface area (TPSA) is 93.7 Å². The molecule has 0 N–H and O–H groups in total. The van der Waals surface area contributed by atoms with Crippen molar-refractivity contribution in [3.63, 3.8) is 0 Å². The Morgan fingerprint density at radius 2 is 2.12 bits per heavy atom. The number of carbonyl (C=O) groups is 1. The molecule has 10 nitrogen and oxygen atoms in total. The number of nitrogens with zero attached hydrogens (tertiary/aromatic N) is 8. The third-order valence-electron chi connectivity index (χ3n) is 4.42. The number of ether oxygens (including phenoxy) is 1. The maximum absolute atomic E-state index is 12.7. The van der Waals surface area contributed by atoms with E-state index in [1.165, 1.54) is 7.11 Å². The summed E-state index contributed by atoms with van der Waals surface area (Å²) in [5.41, 5.74) is 1.17. The number of aromatic nitrogens is 6. The molecule has 1 fully saturated rings. The molecule has 10 heteroatoms. The summed E-state index contributed by atoms with van der Waals surface area (Å²) in [6.07, 6.45) is 3.25. The number of hydrogen-bond acceptors (Lipinski definition) is 7. The zero-order chi connectivity index (χ0) is 17.6. The number of hydrogen-bond donors (Lipinski definition) is 0. The number of aryl methyl sites for hydroxylation is 1. The van der Waals surface area contributed by atoms with E-state index in [4.69, 9.17) is 4.74 Å². The van der Waals surface area contributed by atoms with Crippen molar-refractivity contribution in [3.8, 4) is 5.88 Å². The van der Waals surface area contributed by atoms with E-state index >= 15 is 0 Å². The SMILES string of the molecule is COc1nn(C)cc1C(=O)N(C)C1CN(c2ccc3nncn3n2)C1. The Balaban J connectivity index is 1.44. The van der Waals surface area contributed by atoms with Gasteiger partial charge >= 0.3 is 0 Å². The average Bonchev–Trinajstić information content (AvgIpc) is 3.18. The van der Waals surface area contributed by atoms with Crippen LogP contribution < -0.4 is 9.64 Å². The van der Waals surface area contributed by atoms with Gasteiger partial charge in [-0.1, -0.05) is 0 Å². The summed E-state index contributed by atoms with van der Waals surface area (Å²) in [5, 5.41) is 16.4. The molecular formula is C15H18N8O2. The van der Waals surface area contributed by atoms with Gasteiger partial charge in [0.15, 0.2) is 5.65 Å². The van der Waals surface area contributed by atoms with Crippen LogP contribution in [0.25, 0.3) is 5.65 Å². The normalized spacial score (nSPS) is 14.6. The molecule has 3 aromatic heterocycles. The van der Waals surface area contributed by atoms with E-state index in [0.29, 0.717) is 30.2 Å².